The standard InChI is InChI=1S/C11H14O4/c1-6(2)14-10(12)8-4-3-7-5-9(8)11(13)15-7/h7-9H,1,3-5H2,2H3/t7-,8+,9+/m1/s1. The van der Waals surface area contributed by atoms with Crippen LogP contribution in [0.4, 0.5) is 0 Å². The van der Waals surface area contributed by atoms with Gasteiger partial charge in [-0.05, 0) is 26.2 Å². The second-order valence-electron chi connectivity index (χ2n) is 4.21. The number of hydrogen-bond donors (Lipinski definition) is 0. The molecule has 4 nitrogen and oxygen atoms in total. The third-order valence-corrected chi connectivity index (χ3v) is 2.97. The second-order valence-corrected chi connectivity index (χ2v) is 4.21. The molecular formula is C11H14O4. The molecule has 0 unspecified atom stereocenters. The van der Waals surface area contributed by atoms with Gasteiger partial charge in [0.15, 0.2) is 0 Å². The second kappa shape index (κ2) is 3.68. The number of allylic oxidation sites excluding steroid dienone is 1. The molecule has 3 atom stereocenters. The van der Waals surface area contributed by atoms with Crippen molar-refractivity contribution in [2.75, 3.05) is 0 Å². The Morgan fingerprint density at radius 2 is 2.27 bits per heavy atom. The van der Waals surface area contributed by atoms with Crippen molar-refractivity contribution in [3.8, 4) is 0 Å². The number of hydrogen-bond acceptors (Lipinski definition) is 4. The number of rotatable bonds is 2. The number of ether oxygens (including phenoxy) is 2. The van der Waals surface area contributed by atoms with Crippen LogP contribution in [0.25, 0.3) is 0 Å². The van der Waals surface area contributed by atoms with E-state index in [4.69, 9.17) is 9.47 Å². The normalized spacial score (nSPS) is 33.4. The van der Waals surface area contributed by atoms with Gasteiger partial charge in [0.1, 0.15) is 6.10 Å². The van der Waals surface area contributed by atoms with Gasteiger partial charge in [-0.15, -0.1) is 0 Å². The van der Waals surface area contributed by atoms with Crippen molar-refractivity contribution in [3.63, 3.8) is 0 Å². The summed E-state index contributed by atoms with van der Waals surface area (Å²) < 4.78 is 10.0. The quantitative estimate of drug-likeness (QED) is 0.510. The van der Waals surface area contributed by atoms with E-state index in [0.29, 0.717) is 18.6 Å². The smallest absolute Gasteiger partial charge is 0.314 e. The van der Waals surface area contributed by atoms with Crippen LogP contribution in [0.3, 0.4) is 0 Å². The molecule has 4 heteroatoms. The van der Waals surface area contributed by atoms with Crippen LogP contribution in [-0.4, -0.2) is 18.0 Å². The highest BCUT2D eigenvalue weighted by Crippen LogP contribution is 2.39. The Bertz CT molecular complexity index is 321. The minimum Gasteiger partial charge on any atom is -0.462 e. The van der Waals surface area contributed by atoms with E-state index in [1.165, 1.54) is 0 Å². The lowest BCUT2D eigenvalue weighted by Gasteiger charge is -2.22. The molecule has 1 aliphatic carbocycles. The highest BCUT2D eigenvalue weighted by molar-refractivity contribution is 5.84. The fraction of sp³-hybridized carbons (Fsp3) is 0.636. The summed E-state index contributed by atoms with van der Waals surface area (Å²) in [5, 5.41) is 0. The summed E-state index contributed by atoms with van der Waals surface area (Å²) in [6, 6.07) is 0. The summed E-state index contributed by atoms with van der Waals surface area (Å²) in [6.07, 6.45) is 2.12. The van der Waals surface area contributed by atoms with E-state index in [1.54, 1.807) is 6.92 Å². The van der Waals surface area contributed by atoms with Gasteiger partial charge in [-0.1, -0.05) is 6.58 Å². The molecule has 2 rings (SSSR count). The predicted octanol–water partition coefficient (Wildman–Crippen LogP) is 1.40. The van der Waals surface area contributed by atoms with Gasteiger partial charge in [-0.25, -0.2) is 0 Å². The average molecular weight is 210 g/mol. The number of esters is 2. The Morgan fingerprint density at radius 3 is 2.93 bits per heavy atom. The first-order valence-corrected chi connectivity index (χ1v) is 5.15. The molecule has 1 aliphatic heterocycles. The summed E-state index contributed by atoms with van der Waals surface area (Å²) in [5.74, 6) is -0.858. The molecule has 0 radical (unpaired) electrons. The van der Waals surface area contributed by atoms with E-state index in [2.05, 4.69) is 6.58 Å². The Kier molecular flexibility index (Phi) is 2.50. The van der Waals surface area contributed by atoms with Crippen molar-refractivity contribution in [1.29, 1.82) is 0 Å². The van der Waals surface area contributed by atoms with E-state index < -0.39 is 0 Å². The van der Waals surface area contributed by atoms with Gasteiger partial charge in [0, 0.05) is 0 Å². The molecule has 0 aromatic rings. The van der Waals surface area contributed by atoms with Crippen molar-refractivity contribution in [2.24, 2.45) is 11.8 Å². The van der Waals surface area contributed by atoms with Crippen LogP contribution in [0.5, 0.6) is 0 Å². The molecule has 1 heterocycles. The lowest BCUT2D eigenvalue weighted by atomic mass is 9.80. The van der Waals surface area contributed by atoms with Gasteiger partial charge >= 0.3 is 11.9 Å². The molecule has 0 amide bonds. The maximum Gasteiger partial charge on any atom is 0.314 e. The largest absolute Gasteiger partial charge is 0.462 e. The van der Waals surface area contributed by atoms with Gasteiger partial charge in [-0.3, -0.25) is 9.59 Å². The van der Waals surface area contributed by atoms with Crippen molar-refractivity contribution in [2.45, 2.75) is 32.3 Å². The maximum atomic E-state index is 11.7. The summed E-state index contributed by atoms with van der Waals surface area (Å²) in [4.78, 5) is 23.1. The summed E-state index contributed by atoms with van der Waals surface area (Å²) in [7, 11) is 0. The summed E-state index contributed by atoms with van der Waals surface area (Å²) in [5.41, 5.74) is 0. The van der Waals surface area contributed by atoms with E-state index in [0.717, 1.165) is 6.42 Å². The van der Waals surface area contributed by atoms with Gasteiger partial charge in [0.25, 0.3) is 0 Å². The number of carbonyl (C=O) groups excluding carboxylic acids is 2. The Hall–Kier alpha value is -1.32. The van der Waals surface area contributed by atoms with Crippen LogP contribution in [0, 0.1) is 11.8 Å². The zero-order chi connectivity index (χ0) is 11.0. The molecule has 82 valence electrons. The van der Waals surface area contributed by atoms with Gasteiger partial charge in [0.05, 0.1) is 17.6 Å². The first-order valence-electron chi connectivity index (χ1n) is 5.15. The summed E-state index contributed by atoms with van der Waals surface area (Å²) >= 11 is 0. The van der Waals surface area contributed by atoms with Crippen molar-refractivity contribution in [3.05, 3.63) is 12.3 Å². The highest BCUT2D eigenvalue weighted by atomic mass is 16.6. The molecule has 0 aromatic carbocycles. The van der Waals surface area contributed by atoms with E-state index in [9.17, 15) is 9.59 Å². The zero-order valence-electron chi connectivity index (χ0n) is 8.69. The summed E-state index contributed by atoms with van der Waals surface area (Å²) in [6.45, 7) is 5.13. The first kappa shape index (κ1) is 10.2. The minimum atomic E-state index is -0.343. The Balaban J connectivity index is 2.06. The topological polar surface area (TPSA) is 52.6 Å². The third-order valence-electron chi connectivity index (χ3n) is 2.97. The van der Waals surface area contributed by atoms with Crippen LogP contribution in [0.1, 0.15) is 26.2 Å². The SMILES string of the molecule is C=C(C)OC(=O)[C@H]1CC[C@@H]2C[C@@H]1C(=O)O2. The van der Waals surface area contributed by atoms with Crippen LogP contribution in [0.2, 0.25) is 0 Å². The average Bonchev–Trinajstić information content (AvgIpc) is 2.41. The monoisotopic (exact) mass is 210 g/mol. The van der Waals surface area contributed by atoms with Crippen LogP contribution in [-0.2, 0) is 19.1 Å². The molecule has 0 N–H and O–H groups in total. The molecule has 1 saturated heterocycles. The van der Waals surface area contributed by atoms with Crippen molar-refractivity contribution >= 4 is 11.9 Å². The van der Waals surface area contributed by atoms with E-state index in [-0.39, 0.29) is 29.9 Å². The fourth-order valence-corrected chi connectivity index (χ4v) is 2.28. The Labute approximate surface area is 88.2 Å². The lowest BCUT2D eigenvalue weighted by Crippen LogP contribution is -2.30. The van der Waals surface area contributed by atoms with Crippen molar-refractivity contribution < 1.29 is 19.1 Å². The maximum absolute atomic E-state index is 11.7. The minimum absolute atomic E-state index is 0.0244. The molecule has 1 saturated carbocycles. The van der Waals surface area contributed by atoms with Crippen LogP contribution in [0.15, 0.2) is 12.3 Å². The predicted molar refractivity (Wildman–Crippen MR) is 51.6 cm³/mol. The molecule has 15 heavy (non-hydrogen) atoms. The first-order chi connectivity index (χ1) is 7.08. The van der Waals surface area contributed by atoms with Crippen LogP contribution >= 0.6 is 0 Å². The molecule has 2 aliphatic rings. The molecule has 0 spiro atoms. The van der Waals surface area contributed by atoms with E-state index in [1.807, 2.05) is 0 Å². The molecule has 0 aromatic heterocycles. The van der Waals surface area contributed by atoms with E-state index >= 15 is 0 Å². The van der Waals surface area contributed by atoms with Crippen molar-refractivity contribution in [1.82, 2.24) is 0 Å². The lowest BCUT2D eigenvalue weighted by molar-refractivity contribution is -0.152. The third kappa shape index (κ3) is 1.89. The Morgan fingerprint density at radius 1 is 1.53 bits per heavy atom. The van der Waals surface area contributed by atoms with Crippen LogP contribution < -0.4 is 0 Å². The highest BCUT2D eigenvalue weighted by Gasteiger charge is 2.47. The van der Waals surface area contributed by atoms with Gasteiger partial charge in [-0.2, -0.15) is 0 Å². The molecular weight excluding hydrogens is 196 g/mol. The van der Waals surface area contributed by atoms with Gasteiger partial charge < -0.3 is 9.47 Å². The zero-order valence-corrected chi connectivity index (χ0v) is 8.69. The van der Waals surface area contributed by atoms with Gasteiger partial charge in [0.2, 0.25) is 0 Å². The fourth-order valence-electron chi connectivity index (χ4n) is 2.28. The number of fused-ring (bicyclic) bond motifs is 2. The molecule has 2 fully saturated rings. The number of carbonyl (C=O) groups is 2. The molecule has 2 bridgehead atoms.